The number of anilines is 1. The Hall–Kier alpha value is -2.14. The Morgan fingerprint density at radius 1 is 1.21 bits per heavy atom. The lowest BCUT2D eigenvalue weighted by Gasteiger charge is -2.61. The molecule has 1 spiro atoms. The summed E-state index contributed by atoms with van der Waals surface area (Å²) in [5, 5.41) is 11.6. The molecule has 28 heavy (non-hydrogen) atoms. The van der Waals surface area contributed by atoms with E-state index in [0.717, 1.165) is 78.9 Å². The summed E-state index contributed by atoms with van der Waals surface area (Å²) >= 11 is 6.65. The summed E-state index contributed by atoms with van der Waals surface area (Å²) in [6.45, 7) is 4.10. The van der Waals surface area contributed by atoms with Crippen LogP contribution in [0.2, 0.25) is 5.02 Å². The highest BCUT2D eigenvalue weighted by Gasteiger charge is 2.57. The van der Waals surface area contributed by atoms with Crippen molar-refractivity contribution in [3.63, 3.8) is 0 Å². The molecule has 5 aliphatic rings. The molecule has 4 aliphatic carbocycles. The molecule has 7 rings (SSSR count). The van der Waals surface area contributed by atoms with Crippen molar-refractivity contribution in [3.8, 4) is 0 Å². The van der Waals surface area contributed by atoms with Gasteiger partial charge in [-0.25, -0.2) is 0 Å². The van der Waals surface area contributed by atoms with E-state index in [4.69, 9.17) is 16.0 Å². The van der Waals surface area contributed by atoms with Gasteiger partial charge >= 0.3 is 0 Å². The number of halogens is 1. The van der Waals surface area contributed by atoms with Crippen molar-refractivity contribution in [3.05, 3.63) is 40.9 Å². The fourth-order valence-electron chi connectivity index (χ4n) is 5.84. The van der Waals surface area contributed by atoms with E-state index < -0.39 is 0 Å². The van der Waals surface area contributed by atoms with Crippen molar-refractivity contribution in [1.82, 2.24) is 10.6 Å². The maximum Gasteiger partial charge on any atom is 0.287 e. The van der Waals surface area contributed by atoms with Gasteiger partial charge in [-0.1, -0.05) is 37.4 Å². The van der Waals surface area contributed by atoms with E-state index in [-0.39, 0.29) is 17.0 Å². The van der Waals surface area contributed by atoms with Gasteiger partial charge in [-0.3, -0.25) is 4.79 Å². The van der Waals surface area contributed by atoms with Crippen molar-refractivity contribution in [1.29, 1.82) is 0 Å². The number of hydrogen-bond acceptors (Lipinski definition) is 4. The molecule has 0 unspecified atom stereocenters. The maximum absolute atomic E-state index is 12.8. The van der Waals surface area contributed by atoms with E-state index in [1.54, 1.807) is 0 Å². The van der Waals surface area contributed by atoms with Crippen molar-refractivity contribution < 1.29 is 9.21 Å². The monoisotopic (exact) mass is 397 g/mol. The summed E-state index contributed by atoms with van der Waals surface area (Å²) in [6.07, 6.45) is 8.86. The quantitative estimate of drug-likeness (QED) is 0.666. The molecular weight excluding hydrogens is 374 g/mol. The van der Waals surface area contributed by atoms with Crippen LogP contribution in [0.4, 0.5) is 5.69 Å². The zero-order valence-corrected chi connectivity index (χ0v) is 16.5. The number of amides is 1. The van der Waals surface area contributed by atoms with Gasteiger partial charge in [-0.2, -0.15) is 0 Å². The number of benzene rings is 1. The van der Waals surface area contributed by atoms with Crippen molar-refractivity contribution in [2.75, 3.05) is 5.32 Å². The number of carbonyl (C=O) groups is 1. The highest BCUT2D eigenvalue weighted by atomic mass is 35.5. The van der Waals surface area contributed by atoms with Crippen LogP contribution in [-0.4, -0.2) is 11.4 Å². The van der Waals surface area contributed by atoms with Crippen LogP contribution in [0.1, 0.15) is 67.5 Å². The number of carbonyl (C=O) groups excluding carboxylic acids is 1. The zero-order chi connectivity index (χ0) is 19.1. The second-order valence-corrected chi connectivity index (χ2v) is 9.63. The molecule has 5 nitrogen and oxygen atoms in total. The topological polar surface area (TPSA) is 66.3 Å². The molecule has 0 saturated heterocycles. The first-order valence-electron chi connectivity index (χ1n) is 10.3. The fraction of sp³-hybridized carbons (Fsp3) is 0.500. The molecule has 2 aromatic rings. The van der Waals surface area contributed by atoms with Crippen LogP contribution in [0, 0.1) is 5.92 Å². The number of hydrogen-bond donors (Lipinski definition) is 3. The summed E-state index contributed by atoms with van der Waals surface area (Å²) in [5.74, 6) is 1.85. The first-order valence-corrected chi connectivity index (χ1v) is 10.7. The lowest BCUT2D eigenvalue weighted by molar-refractivity contribution is -0.0443. The average molecular weight is 398 g/mol. The molecule has 146 valence electrons. The first-order chi connectivity index (χ1) is 13.5. The Bertz CT molecular complexity index is 1020. The molecule has 1 aromatic heterocycles. The van der Waals surface area contributed by atoms with Crippen LogP contribution in [0.25, 0.3) is 11.0 Å². The summed E-state index contributed by atoms with van der Waals surface area (Å²) in [7, 11) is 0. The molecule has 3 N–H and O–H groups in total. The highest BCUT2D eigenvalue weighted by molar-refractivity contribution is 6.34. The Labute approximate surface area is 168 Å². The Balaban J connectivity index is 1.47. The SMILES string of the molecule is C=C1Nc2c(Cl)cc3cc(C(=O)NC45CC(C4)C5)oc3c2C2(CCCCC2)N1. The molecule has 0 atom stereocenters. The Morgan fingerprint density at radius 2 is 1.96 bits per heavy atom. The van der Waals surface area contributed by atoms with Gasteiger partial charge in [0.25, 0.3) is 5.91 Å². The standard InChI is InChI=1S/C22H24ClN3O2/c1-12-24-18-15(23)7-14-8-16(20(27)26-21-9-13(10-21)11-21)28-19(14)17(18)22(25-12)5-3-2-4-6-22/h7-8,13,24-25H,1-6,9-11H2,(H,26,27). The maximum atomic E-state index is 12.8. The fourth-order valence-corrected chi connectivity index (χ4v) is 6.10. The predicted molar refractivity (Wildman–Crippen MR) is 109 cm³/mol. The molecule has 4 fully saturated rings. The van der Waals surface area contributed by atoms with Crippen LogP contribution in [0.15, 0.2) is 28.9 Å². The third-order valence-electron chi connectivity index (χ3n) is 7.25. The van der Waals surface area contributed by atoms with E-state index in [0.29, 0.717) is 10.8 Å². The second-order valence-electron chi connectivity index (χ2n) is 9.22. The van der Waals surface area contributed by atoms with Gasteiger partial charge in [0.2, 0.25) is 0 Å². The van der Waals surface area contributed by atoms with Gasteiger partial charge in [0.1, 0.15) is 5.58 Å². The minimum absolute atomic E-state index is 0.0310. The van der Waals surface area contributed by atoms with E-state index in [1.807, 2.05) is 12.1 Å². The van der Waals surface area contributed by atoms with Crippen LogP contribution < -0.4 is 16.0 Å². The summed E-state index contributed by atoms with van der Waals surface area (Å²) in [6, 6.07) is 3.72. The molecule has 2 heterocycles. The van der Waals surface area contributed by atoms with Crippen molar-refractivity contribution >= 4 is 34.2 Å². The highest BCUT2D eigenvalue weighted by Crippen LogP contribution is 2.57. The number of fused-ring (bicyclic) bond motifs is 4. The molecule has 0 radical (unpaired) electrons. The largest absolute Gasteiger partial charge is 0.450 e. The molecule has 1 amide bonds. The zero-order valence-electron chi connectivity index (χ0n) is 15.8. The average Bonchev–Trinajstić information content (AvgIpc) is 3.01. The molecular formula is C22H24ClN3O2. The van der Waals surface area contributed by atoms with Crippen LogP contribution in [0.5, 0.6) is 0 Å². The van der Waals surface area contributed by atoms with Gasteiger partial charge in [-0.05, 0) is 50.2 Å². The number of rotatable bonds is 2. The van der Waals surface area contributed by atoms with Crippen molar-refractivity contribution in [2.45, 2.75) is 62.4 Å². The van der Waals surface area contributed by atoms with Crippen LogP contribution >= 0.6 is 11.6 Å². The van der Waals surface area contributed by atoms with Crippen molar-refractivity contribution in [2.24, 2.45) is 5.92 Å². The normalized spacial score (nSPS) is 29.3. The first kappa shape index (κ1) is 16.8. The number of furan rings is 1. The Morgan fingerprint density at radius 3 is 2.64 bits per heavy atom. The molecule has 2 bridgehead atoms. The van der Waals surface area contributed by atoms with Gasteiger partial charge < -0.3 is 20.4 Å². The second kappa shape index (κ2) is 5.47. The minimum atomic E-state index is -0.238. The third-order valence-corrected chi connectivity index (χ3v) is 7.55. The number of nitrogens with one attached hydrogen (secondary N) is 3. The Kier molecular flexibility index (Phi) is 3.28. The lowest BCUT2D eigenvalue weighted by atomic mass is 9.50. The lowest BCUT2D eigenvalue weighted by Crippen LogP contribution is -2.68. The van der Waals surface area contributed by atoms with Gasteiger partial charge in [0.15, 0.2) is 5.76 Å². The third kappa shape index (κ3) is 2.22. The van der Waals surface area contributed by atoms with E-state index in [9.17, 15) is 4.79 Å². The molecule has 4 saturated carbocycles. The molecule has 1 aromatic carbocycles. The molecule has 6 heteroatoms. The van der Waals surface area contributed by atoms with E-state index in [1.165, 1.54) is 6.42 Å². The van der Waals surface area contributed by atoms with Crippen LogP contribution in [-0.2, 0) is 5.54 Å². The van der Waals surface area contributed by atoms with Crippen LogP contribution in [0.3, 0.4) is 0 Å². The summed E-state index contributed by atoms with van der Waals surface area (Å²) < 4.78 is 6.20. The van der Waals surface area contributed by atoms with E-state index >= 15 is 0 Å². The van der Waals surface area contributed by atoms with Gasteiger partial charge in [0, 0.05) is 16.5 Å². The van der Waals surface area contributed by atoms with Gasteiger partial charge in [0.05, 0.1) is 22.1 Å². The smallest absolute Gasteiger partial charge is 0.287 e. The predicted octanol–water partition coefficient (Wildman–Crippen LogP) is 5.01. The minimum Gasteiger partial charge on any atom is -0.450 e. The molecule has 1 aliphatic heterocycles. The van der Waals surface area contributed by atoms with E-state index in [2.05, 4.69) is 22.5 Å². The summed E-state index contributed by atoms with van der Waals surface area (Å²) in [5.41, 5.74) is 2.46. The summed E-state index contributed by atoms with van der Waals surface area (Å²) in [4.78, 5) is 12.8. The van der Waals surface area contributed by atoms with Gasteiger partial charge in [-0.15, -0.1) is 0 Å².